The van der Waals surface area contributed by atoms with Crippen LogP contribution in [0.15, 0.2) is 30.6 Å². The normalized spacial score (nSPS) is 10.6. The standard InChI is InChI=1S/C11H8ClN3.ClH/c12-6-3-8-7-1-2-14-5-10(7)15-11(8)9(13)4-6;/h1-5,15H,13H2;1H. The molecule has 0 radical (unpaired) electrons. The van der Waals surface area contributed by atoms with Crippen LogP contribution >= 0.6 is 24.0 Å². The Kier molecular flexibility index (Phi) is 2.66. The number of nitrogens with two attached hydrogens (primary N) is 1. The number of pyridine rings is 1. The molecule has 2 aromatic heterocycles. The van der Waals surface area contributed by atoms with Gasteiger partial charge in [-0.2, -0.15) is 0 Å². The number of nitrogens with zero attached hydrogens (tertiary/aromatic N) is 1. The summed E-state index contributed by atoms with van der Waals surface area (Å²) >= 11 is 5.97. The summed E-state index contributed by atoms with van der Waals surface area (Å²) in [6, 6.07) is 5.60. The third-order valence-electron chi connectivity index (χ3n) is 2.50. The molecule has 0 aliphatic rings. The maximum absolute atomic E-state index is 5.97. The van der Waals surface area contributed by atoms with Crippen LogP contribution in [0.1, 0.15) is 0 Å². The highest BCUT2D eigenvalue weighted by Crippen LogP contribution is 2.31. The van der Waals surface area contributed by atoms with E-state index < -0.39 is 0 Å². The van der Waals surface area contributed by atoms with Gasteiger partial charge in [0.25, 0.3) is 0 Å². The van der Waals surface area contributed by atoms with Crippen LogP contribution in [0, 0.1) is 0 Å². The Bertz CT molecular complexity index is 661. The molecule has 0 aliphatic heterocycles. The third kappa shape index (κ3) is 1.49. The van der Waals surface area contributed by atoms with Crippen LogP contribution in [0.5, 0.6) is 0 Å². The van der Waals surface area contributed by atoms with Crippen LogP contribution < -0.4 is 5.73 Å². The van der Waals surface area contributed by atoms with Gasteiger partial charge in [-0.25, -0.2) is 0 Å². The number of H-pyrrole nitrogens is 1. The molecule has 0 bridgehead atoms. The number of nitrogens with one attached hydrogen (secondary N) is 1. The Morgan fingerprint density at radius 3 is 2.88 bits per heavy atom. The van der Waals surface area contributed by atoms with Gasteiger partial charge in [-0.1, -0.05) is 11.6 Å². The van der Waals surface area contributed by atoms with Crippen molar-refractivity contribution in [2.75, 3.05) is 5.73 Å². The first-order chi connectivity index (χ1) is 7.25. The molecule has 5 heteroatoms. The summed E-state index contributed by atoms with van der Waals surface area (Å²) in [6.07, 6.45) is 3.54. The van der Waals surface area contributed by atoms with E-state index >= 15 is 0 Å². The highest BCUT2D eigenvalue weighted by molar-refractivity contribution is 6.32. The van der Waals surface area contributed by atoms with Crippen molar-refractivity contribution < 1.29 is 0 Å². The molecule has 82 valence electrons. The number of rotatable bonds is 0. The predicted molar refractivity (Wildman–Crippen MR) is 70.3 cm³/mol. The van der Waals surface area contributed by atoms with Gasteiger partial charge >= 0.3 is 0 Å². The topological polar surface area (TPSA) is 54.7 Å². The van der Waals surface area contributed by atoms with E-state index in [0.29, 0.717) is 10.7 Å². The molecule has 0 aliphatic carbocycles. The highest BCUT2D eigenvalue weighted by Gasteiger charge is 2.07. The molecule has 16 heavy (non-hydrogen) atoms. The Hall–Kier alpha value is -1.45. The molecule has 0 fully saturated rings. The number of nitrogen functional groups attached to an aromatic ring is 1. The van der Waals surface area contributed by atoms with Crippen molar-refractivity contribution in [2.45, 2.75) is 0 Å². The second kappa shape index (κ2) is 3.85. The zero-order chi connectivity index (χ0) is 10.4. The minimum absolute atomic E-state index is 0. The van der Waals surface area contributed by atoms with E-state index in [1.807, 2.05) is 12.1 Å². The lowest BCUT2D eigenvalue weighted by Crippen LogP contribution is -1.85. The smallest absolute Gasteiger partial charge is 0.0699 e. The largest absolute Gasteiger partial charge is 0.397 e. The summed E-state index contributed by atoms with van der Waals surface area (Å²) in [7, 11) is 0. The van der Waals surface area contributed by atoms with Crippen molar-refractivity contribution in [3.63, 3.8) is 0 Å². The van der Waals surface area contributed by atoms with Crippen molar-refractivity contribution >= 4 is 51.5 Å². The fourth-order valence-electron chi connectivity index (χ4n) is 1.84. The summed E-state index contributed by atoms with van der Waals surface area (Å²) in [5.74, 6) is 0. The number of halogens is 2. The molecule has 3 N–H and O–H groups in total. The van der Waals surface area contributed by atoms with E-state index in [0.717, 1.165) is 21.8 Å². The first kappa shape index (κ1) is 11.0. The summed E-state index contributed by atoms with van der Waals surface area (Å²) < 4.78 is 0. The van der Waals surface area contributed by atoms with Gasteiger partial charge in [0.15, 0.2) is 0 Å². The number of aromatic amines is 1. The Labute approximate surface area is 103 Å². The zero-order valence-electron chi connectivity index (χ0n) is 8.20. The maximum Gasteiger partial charge on any atom is 0.0699 e. The van der Waals surface area contributed by atoms with E-state index in [-0.39, 0.29) is 12.4 Å². The number of hydrogen-bond donors (Lipinski definition) is 2. The second-order valence-electron chi connectivity index (χ2n) is 3.46. The minimum Gasteiger partial charge on any atom is -0.397 e. The molecule has 0 atom stereocenters. The molecule has 0 amide bonds. The Morgan fingerprint density at radius 2 is 2.06 bits per heavy atom. The van der Waals surface area contributed by atoms with Crippen molar-refractivity contribution in [1.82, 2.24) is 9.97 Å². The molecule has 2 heterocycles. The lowest BCUT2D eigenvalue weighted by molar-refractivity contribution is 1.35. The number of aromatic nitrogens is 2. The highest BCUT2D eigenvalue weighted by atomic mass is 35.5. The van der Waals surface area contributed by atoms with Gasteiger partial charge in [0.05, 0.1) is 22.9 Å². The third-order valence-corrected chi connectivity index (χ3v) is 2.72. The van der Waals surface area contributed by atoms with E-state index in [2.05, 4.69) is 9.97 Å². The number of benzene rings is 1. The quantitative estimate of drug-likeness (QED) is 0.604. The molecule has 0 spiro atoms. The zero-order valence-corrected chi connectivity index (χ0v) is 9.77. The van der Waals surface area contributed by atoms with Gasteiger partial charge < -0.3 is 10.7 Å². The number of hydrogen-bond acceptors (Lipinski definition) is 2. The second-order valence-corrected chi connectivity index (χ2v) is 3.90. The molecule has 3 aromatic rings. The average Bonchev–Trinajstić information content (AvgIpc) is 2.57. The van der Waals surface area contributed by atoms with Crippen molar-refractivity contribution in [3.8, 4) is 0 Å². The summed E-state index contributed by atoms with van der Waals surface area (Å²) in [4.78, 5) is 7.28. The summed E-state index contributed by atoms with van der Waals surface area (Å²) in [5.41, 5.74) is 8.44. The van der Waals surface area contributed by atoms with E-state index in [1.54, 1.807) is 18.5 Å². The van der Waals surface area contributed by atoms with E-state index in [9.17, 15) is 0 Å². The molecule has 0 saturated heterocycles. The average molecular weight is 254 g/mol. The van der Waals surface area contributed by atoms with Crippen molar-refractivity contribution in [3.05, 3.63) is 35.6 Å². The number of fused-ring (bicyclic) bond motifs is 3. The van der Waals surface area contributed by atoms with Gasteiger partial charge in [-0.15, -0.1) is 12.4 Å². The van der Waals surface area contributed by atoms with Crippen molar-refractivity contribution in [1.29, 1.82) is 0 Å². The van der Waals surface area contributed by atoms with Crippen LogP contribution in [0.25, 0.3) is 21.8 Å². The monoisotopic (exact) mass is 253 g/mol. The molecule has 1 aromatic carbocycles. The van der Waals surface area contributed by atoms with Gasteiger partial charge in [0, 0.05) is 22.0 Å². The van der Waals surface area contributed by atoms with Crippen molar-refractivity contribution in [2.24, 2.45) is 0 Å². The molecule has 3 rings (SSSR count). The van der Waals surface area contributed by atoms with Crippen LogP contribution in [-0.2, 0) is 0 Å². The minimum atomic E-state index is 0. The summed E-state index contributed by atoms with van der Waals surface area (Å²) in [5, 5.41) is 2.78. The predicted octanol–water partition coefficient (Wildman–Crippen LogP) is 3.37. The van der Waals surface area contributed by atoms with Crippen LogP contribution in [-0.4, -0.2) is 9.97 Å². The first-order valence-electron chi connectivity index (χ1n) is 4.56. The lowest BCUT2D eigenvalue weighted by Gasteiger charge is -1.97. The van der Waals surface area contributed by atoms with Gasteiger partial charge in [0.1, 0.15) is 0 Å². The number of anilines is 1. The van der Waals surface area contributed by atoms with Gasteiger partial charge in [-0.05, 0) is 18.2 Å². The van der Waals surface area contributed by atoms with E-state index in [1.165, 1.54) is 0 Å². The molecule has 0 saturated carbocycles. The van der Waals surface area contributed by atoms with Crippen LogP contribution in [0.3, 0.4) is 0 Å². The van der Waals surface area contributed by atoms with E-state index in [4.69, 9.17) is 17.3 Å². The summed E-state index contributed by atoms with van der Waals surface area (Å²) in [6.45, 7) is 0. The fourth-order valence-corrected chi connectivity index (χ4v) is 2.07. The van der Waals surface area contributed by atoms with Crippen LogP contribution in [0.4, 0.5) is 5.69 Å². The fraction of sp³-hybridized carbons (Fsp3) is 0. The van der Waals surface area contributed by atoms with Crippen LogP contribution in [0.2, 0.25) is 5.02 Å². The SMILES string of the molecule is Cl.Nc1cc(Cl)cc2c1[nH]c1cnccc12. The molecular weight excluding hydrogens is 245 g/mol. The van der Waals surface area contributed by atoms with Gasteiger partial charge in [-0.3, -0.25) is 4.98 Å². The van der Waals surface area contributed by atoms with Gasteiger partial charge in [0.2, 0.25) is 0 Å². The Balaban J connectivity index is 0.000000963. The Morgan fingerprint density at radius 1 is 1.25 bits per heavy atom. The maximum atomic E-state index is 5.97. The molecule has 3 nitrogen and oxygen atoms in total. The molecule has 0 unspecified atom stereocenters. The lowest BCUT2D eigenvalue weighted by atomic mass is 10.2. The first-order valence-corrected chi connectivity index (χ1v) is 4.94. The molecular formula is C11H9Cl2N3.